The molecule has 8 atom stereocenters. The Hall–Kier alpha value is -9.90. The van der Waals surface area contributed by atoms with Gasteiger partial charge >= 0.3 is 5.97 Å². The normalized spacial score (nSPS) is 15.7. The molecule has 6 rings (SSSR count). The molecule has 598 valence electrons. The highest BCUT2D eigenvalue weighted by atomic mass is 16.4. The van der Waals surface area contributed by atoms with Gasteiger partial charge in [-0.2, -0.15) is 0 Å². The SMILES string of the molecule is CCCCCCCCCCCCCCCCN1CCN(CC(=O)N[C@@H](Cc2ccc(O)cc2)C(=O)N[C@@H](Cc2ccc3ccccc3c2)C(=O)N[C@@H](CC(C)C)C(=O)N[C@@H](Cc2ccccc2)C(=O)N[C@@H](CCCN=C(N)N)C(=O)N2CCC[C@H]2C(=O)N[C@@H](CCCN=C(N)N)C(=O)N[C@@H](CC(N)=O)C(=O)O)CC1. The fourth-order valence-corrected chi connectivity index (χ4v) is 13.9. The van der Waals surface area contributed by atoms with Gasteiger partial charge in [-0.15, -0.1) is 0 Å². The number of unbranched alkanes of at least 4 members (excludes halogenated alkanes) is 13. The zero-order chi connectivity index (χ0) is 79.0. The molecule has 29 nitrogen and oxygen atoms in total. The van der Waals surface area contributed by atoms with Crippen molar-refractivity contribution in [3.8, 4) is 5.75 Å². The molecule has 2 aliphatic rings. The van der Waals surface area contributed by atoms with Gasteiger partial charge < -0.3 is 85.9 Å². The van der Waals surface area contributed by atoms with E-state index in [1.807, 2.05) is 56.3 Å². The zero-order valence-corrected chi connectivity index (χ0v) is 64.1. The molecule has 0 aromatic heterocycles. The lowest BCUT2D eigenvalue weighted by Gasteiger charge is -2.34. The Labute approximate surface area is 641 Å². The molecule has 0 saturated carbocycles. The van der Waals surface area contributed by atoms with Gasteiger partial charge in [-0.1, -0.05) is 189 Å². The van der Waals surface area contributed by atoms with Crippen LogP contribution in [0.15, 0.2) is 107 Å². The highest BCUT2D eigenvalue weighted by molar-refractivity contribution is 5.99. The van der Waals surface area contributed by atoms with Crippen LogP contribution in [0.3, 0.4) is 0 Å². The number of nitrogens with one attached hydrogen (secondary N) is 7. The van der Waals surface area contributed by atoms with Crippen molar-refractivity contribution in [2.45, 2.75) is 230 Å². The second-order valence-electron chi connectivity index (χ2n) is 29.4. The predicted octanol–water partition coefficient (Wildman–Crippen LogP) is 4.17. The number of primary amides is 1. The van der Waals surface area contributed by atoms with Crippen LogP contribution >= 0.6 is 0 Å². The molecule has 0 radical (unpaired) electrons. The molecule has 9 amide bonds. The fourth-order valence-electron chi connectivity index (χ4n) is 13.9. The number of phenols is 1. The minimum atomic E-state index is -1.73. The first-order valence-electron chi connectivity index (χ1n) is 39.1. The Kier molecular flexibility index (Phi) is 38.6. The Morgan fingerprint density at radius 2 is 0.936 bits per heavy atom. The van der Waals surface area contributed by atoms with Crippen LogP contribution < -0.4 is 65.9 Å². The third-order valence-electron chi connectivity index (χ3n) is 19.8. The van der Waals surface area contributed by atoms with Crippen LogP contribution in [-0.2, 0) is 67.2 Å². The van der Waals surface area contributed by atoms with Gasteiger partial charge in [0.25, 0.3) is 0 Å². The van der Waals surface area contributed by atoms with Crippen molar-refractivity contribution in [1.82, 2.24) is 51.9 Å². The first-order chi connectivity index (χ1) is 52.3. The minimum absolute atomic E-state index is 0.00109. The number of aromatic hydroxyl groups is 1. The number of fused-ring (bicyclic) bond motifs is 1. The summed E-state index contributed by atoms with van der Waals surface area (Å²) in [5.74, 6) is -9.07. The maximum absolute atomic E-state index is 15.3. The first kappa shape index (κ1) is 88.0. The molecular weight excluding hydrogens is 1390 g/mol. The van der Waals surface area contributed by atoms with Crippen LogP contribution in [0.5, 0.6) is 5.75 Å². The largest absolute Gasteiger partial charge is 0.508 e. The molecule has 29 heteroatoms. The number of hydrogen-bond donors (Lipinski definition) is 14. The number of aliphatic carboxylic acids is 1. The highest BCUT2D eigenvalue weighted by Gasteiger charge is 2.41. The van der Waals surface area contributed by atoms with Crippen LogP contribution in [0.2, 0.25) is 0 Å². The van der Waals surface area contributed by atoms with Crippen LogP contribution in [0, 0.1) is 5.92 Å². The molecule has 109 heavy (non-hydrogen) atoms. The van der Waals surface area contributed by atoms with E-state index in [4.69, 9.17) is 28.7 Å². The summed E-state index contributed by atoms with van der Waals surface area (Å²) in [6.07, 6.45) is 17.9. The summed E-state index contributed by atoms with van der Waals surface area (Å²) in [7, 11) is 0. The summed E-state index contributed by atoms with van der Waals surface area (Å²) in [5, 5.41) is 41.3. The number of amides is 9. The monoisotopic (exact) mass is 1510 g/mol. The number of aliphatic imine (C=N–C) groups is 2. The second-order valence-corrected chi connectivity index (χ2v) is 29.4. The standard InChI is InChI=1S/C80H121N17O12/c1-4-5-6-7-8-9-10-11-12-13-14-15-16-22-41-95-43-45-96(46-44-95)53-70(100)88-64(50-56-34-37-60(98)38-35-56)73(103)93-66(51-57-33-36-58-28-20-21-29-59(58)48-57)75(105)91-63(47-54(2)3)72(102)92-65(49-55-26-18-17-19-27-55)74(104)90-62(31-24-40-87-80(84)85)77(107)97-42-25-32-68(97)76(106)89-61(30-23-39-86-79(82)83)71(101)94-67(78(108)109)52-69(81)99/h17-21,26-29,33-38,48,54,61-68,98H,4-16,22-25,30-32,39-47,49-53H2,1-3H3,(H2,81,99)(H,88,100)(H,89,106)(H,90,104)(H,91,105)(H,92,102)(H,93,103)(H,94,101)(H,108,109)(H4,82,83,86)(H4,84,85,87)/t61-,62-,63-,64-,65-,66-,67-,68-/m0/s1. The van der Waals surface area contributed by atoms with E-state index in [2.05, 4.69) is 63.9 Å². The van der Waals surface area contributed by atoms with E-state index in [1.54, 1.807) is 42.5 Å². The number of hydrogen-bond acceptors (Lipinski definition) is 15. The third-order valence-corrected chi connectivity index (χ3v) is 19.8. The van der Waals surface area contributed by atoms with Gasteiger partial charge in [-0.3, -0.25) is 58.0 Å². The smallest absolute Gasteiger partial charge is 0.326 e. The van der Waals surface area contributed by atoms with Gasteiger partial charge in [0.05, 0.1) is 13.0 Å². The molecule has 2 heterocycles. The molecule has 0 unspecified atom stereocenters. The quantitative estimate of drug-likeness (QED) is 0.0168. The Balaban J connectivity index is 1.19. The van der Waals surface area contributed by atoms with Crippen LogP contribution in [-0.4, -0.2) is 203 Å². The summed E-state index contributed by atoms with van der Waals surface area (Å²) in [4.78, 5) is 155. The van der Waals surface area contributed by atoms with Gasteiger partial charge in [-0.25, -0.2) is 4.79 Å². The lowest BCUT2D eigenvalue weighted by molar-refractivity contribution is -0.144. The summed E-state index contributed by atoms with van der Waals surface area (Å²) >= 11 is 0. The van der Waals surface area contributed by atoms with Crippen molar-refractivity contribution in [1.29, 1.82) is 0 Å². The first-order valence-corrected chi connectivity index (χ1v) is 39.1. The van der Waals surface area contributed by atoms with Crippen molar-refractivity contribution in [2.24, 2.45) is 44.6 Å². The number of carboxylic acids is 1. The minimum Gasteiger partial charge on any atom is -0.508 e. The van der Waals surface area contributed by atoms with Crippen molar-refractivity contribution >= 4 is 81.8 Å². The highest BCUT2D eigenvalue weighted by Crippen LogP contribution is 2.23. The number of carboxylic acid groups (broad SMARTS) is 1. The van der Waals surface area contributed by atoms with Crippen LogP contribution in [0.25, 0.3) is 10.8 Å². The average Bonchev–Trinajstić information content (AvgIpc) is 1.79. The van der Waals surface area contributed by atoms with Gasteiger partial charge in [-0.05, 0) is 103 Å². The molecular formula is C80H121N17O12. The molecule has 0 aliphatic carbocycles. The Morgan fingerprint density at radius 1 is 0.477 bits per heavy atom. The number of carbonyl (C=O) groups excluding carboxylic acids is 9. The van der Waals surface area contributed by atoms with Gasteiger partial charge in [0.1, 0.15) is 54.1 Å². The number of likely N-dealkylation sites (tertiary alicyclic amines) is 1. The van der Waals surface area contributed by atoms with E-state index in [9.17, 15) is 34.2 Å². The van der Waals surface area contributed by atoms with Crippen molar-refractivity contribution in [3.63, 3.8) is 0 Å². The molecule has 2 fully saturated rings. The lowest BCUT2D eigenvalue weighted by atomic mass is 9.98. The van der Waals surface area contributed by atoms with E-state index in [0.29, 0.717) is 36.2 Å². The second kappa shape index (κ2) is 47.8. The van der Waals surface area contributed by atoms with Gasteiger partial charge in [0.15, 0.2) is 11.9 Å². The Morgan fingerprint density at radius 3 is 1.49 bits per heavy atom. The molecule has 0 spiro atoms. The maximum Gasteiger partial charge on any atom is 0.326 e. The van der Waals surface area contributed by atoms with Crippen LogP contribution in [0.4, 0.5) is 0 Å². The Bertz CT molecular complexity index is 3600. The lowest BCUT2D eigenvalue weighted by Crippen LogP contribution is -2.61. The number of piperazine rings is 1. The number of benzene rings is 4. The topological polar surface area (TPSA) is 460 Å². The number of nitrogens with zero attached hydrogens (tertiary/aromatic N) is 5. The van der Waals surface area contributed by atoms with Gasteiger partial charge in [0.2, 0.25) is 53.2 Å². The van der Waals surface area contributed by atoms with Crippen LogP contribution in [0.1, 0.15) is 179 Å². The summed E-state index contributed by atoms with van der Waals surface area (Å²) in [6, 6.07) is 17.4. The van der Waals surface area contributed by atoms with E-state index < -0.39 is 108 Å². The third kappa shape index (κ3) is 32.8. The molecule has 19 N–H and O–H groups in total. The molecule has 2 saturated heterocycles. The average molecular weight is 1510 g/mol. The predicted molar refractivity (Wildman–Crippen MR) is 422 cm³/mol. The number of rotatable bonds is 50. The van der Waals surface area contributed by atoms with Crippen molar-refractivity contribution in [2.75, 3.05) is 58.9 Å². The molecule has 0 bridgehead atoms. The van der Waals surface area contributed by atoms with E-state index in [0.717, 1.165) is 36.8 Å². The van der Waals surface area contributed by atoms with Crippen molar-refractivity contribution in [3.05, 3.63) is 114 Å². The van der Waals surface area contributed by atoms with Gasteiger partial charge in [0, 0.05) is 65.1 Å². The van der Waals surface area contributed by atoms with E-state index in [1.165, 1.54) is 101 Å². The summed E-state index contributed by atoms with van der Waals surface area (Å²) in [6.45, 7) is 10.0. The number of nitrogens with two attached hydrogens (primary N) is 5. The number of guanidine groups is 2. The molecule has 2 aliphatic heterocycles. The van der Waals surface area contributed by atoms with E-state index >= 15 is 24.0 Å². The molecule has 4 aromatic carbocycles. The summed E-state index contributed by atoms with van der Waals surface area (Å²) in [5.41, 5.74) is 29.5. The number of phenolic OH excluding ortho intramolecular Hbond substituents is 1. The van der Waals surface area contributed by atoms with E-state index in [-0.39, 0.29) is 113 Å². The summed E-state index contributed by atoms with van der Waals surface area (Å²) < 4.78 is 0. The zero-order valence-electron chi connectivity index (χ0n) is 64.1. The molecule has 4 aromatic rings. The van der Waals surface area contributed by atoms with Crippen molar-refractivity contribution < 1.29 is 58.2 Å². The maximum atomic E-state index is 15.3. The number of carbonyl (C=O) groups is 10. The fraction of sp³-hybridized carbons (Fsp3) is 0.575.